The Bertz CT molecular complexity index is 1200. The molecule has 0 saturated carbocycles. The van der Waals surface area contributed by atoms with Crippen molar-refractivity contribution in [3.05, 3.63) is 65.4 Å². The second-order valence-electron chi connectivity index (χ2n) is 6.04. The molecule has 0 N–H and O–H groups in total. The van der Waals surface area contributed by atoms with Gasteiger partial charge in [0.05, 0.1) is 5.69 Å². The Hall–Kier alpha value is -2.19. The van der Waals surface area contributed by atoms with Gasteiger partial charge in [-0.05, 0) is 55.6 Å². The maximum atomic E-state index is 8.25. The Morgan fingerprint density at radius 3 is 2.79 bits per heavy atom. The molecule has 0 fully saturated rings. The van der Waals surface area contributed by atoms with Crippen LogP contribution in [0.4, 0.5) is 0 Å². The van der Waals surface area contributed by atoms with E-state index >= 15 is 0 Å². The quantitative estimate of drug-likeness (QED) is 0.406. The van der Waals surface area contributed by atoms with Gasteiger partial charge in [-0.3, -0.25) is 4.98 Å². The van der Waals surface area contributed by atoms with Crippen LogP contribution >= 0.6 is 11.3 Å². The number of hydrogen-bond acceptors (Lipinski definition) is 2. The number of aryl methyl sites for hydroxylation is 3. The van der Waals surface area contributed by atoms with Crippen LogP contribution in [0.25, 0.3) is 31.4 Å². The average Bonchev–Trinajstić information content (AvgIpc) is 3.00. The van der Waals surface area contributed by atoms with Gasteiger partial charge in [0.1, 0.15) is 0 Å². The highest BCUT2D eigenvalue weighted by Crippen LogP contribution is 2.41. The zero-order valence-electron chi connectivity index (χ0n) is 18.0. The summed E-state index contributed by atoms with van der Waals surface area (Å²) in [6.07, 6.45) is -2.54. The minimum atomic E-state index is -2.11. The van der Waals surface area contributed by atoms with Crippen LogP contribution in [-0.2, 0) is 6.37 Å². The number of rotatable bonds is 3. The van der Waals surface area contributed by atoms with Gasteiger partial charge in [-0.15, -0.1) is 11.3 Å². The van der Waals surface area contributed by atoms with E-state index in [0.29, 0.717) is 11.3 Å². The van der Waals surface area contributed by atoms with Crippen molar-refractivity contribution >= 4 is 31.5 Å². The van der Waals surface area contributed by atoms with Crippen LogP contribution in [0.15, 0.2) is 48.7 Å². The largest absolute Gasteiger partial charge is 0.256 e. The van der Waals surface area contributed by atoms with E-state index in [1.807, 2.05) is 6.07 Å². The highest BCUT2D eigenvalue weighted by molar-refractivity contribution is 7.26. The van der Waals surface area contributed by atoms with Gasteiger partial charge in [-0.1, -0.05) is 37.1 Å². The SMILES string of the molecule is [2H]C([2H])(C)C([2H])([2H])c1ccnc(-c2ccc(C)c3c2sc2ccc(C)cc23)c1. The molecule has 0 spiro atoms. The van der Waals surface area contributed by atoms with Crippen LogP contribution in [-0.4, -0.2) is 4.98 Å². The molecule has 4 aromatic rings. The molecule has 0 aliphatic rings. The normalized spacial score (nSPS) is 15.1. The molecule has 0 aliphatic heterocycles. The van der Waals surface area contributed by atoms with Crippen molar-refractivity contribution in [3.63, 3.8) is 0 Å². The van der Waals surface area contributed by atoms with Gasteiger partial charge in [0.25, 0.3) is 0 Å². The van der Waals surface area contributed by atoms with Crippen LogP contribution in [0.1, 0.15) is 35.5 Å². The Morgan fingerprint density at radius 2 is 1.96 bits per heavy atom. The Morgan fingerprint density at radius 1 is 1.08 bits per heavy atom. The maximum Gasteiger partial charge on any atom is 0.0719 e. The number of nitrogens with zero attached hydrogens (tertiary/aromatic N) is 1. The van der Waals surface area contributed by atoms with E-state index in [1.165, 1.54) is 33.5 Å². The predicted molar refractivity (Wildman–Crippen MR) is 106 cm³/mol. The van der Waals surface area contributed by atoms with E-state index in [9.17, 15) is 0 Å². The van der Waals surface area contributed by atoms with E-state index in [-0.39, 0.29) is 0 Å². The molecule has 2 heteroatoms. The van der Waals surface area contributed by atoms with Crippen molar-refractivity contribution in [2.24, 2.45) is 0 Å². The summed E-state index contributed by atoms with van der Waals surface area (Å²) in [4.78, 5) is 4.49. The molecule has 120 valence electrons. The third-order valence-electron chi connectivity index (χ3n) is 4.29. The lowest BCUT2D eigenvalue weighted by Gasteiger charge is -2.07. The van der Waals surface area contributed by atoms with E-state index in [4.69, 9.17) is 5.48 Å². The van der Waals surface area contributed by atoms with Gasteiger partial charge in [-0.2, -0.15) is 0 Å². The molecule has 0 aliphatic carbocycles. The van der Waals surface area contributed by atoms with Crippen molar-refractivity contribution in [1.29, 1.82) is 0 Å². The van der Waals surface area contributed by atoms with Gasteiger partial charge >= 0.3 is 0 Å². The van der Waals surface area contributed by atoms with E-state index in [2.05, 4.69) is 43.1 Å². The first-order valence-electron chi connectivity index (χ1n) is 9.99. The van der Waals surface area contributed by atoms with Gasteiger partial charge < -0.3 is 0 Å². The lowest BCUT2D eigenvalue weighted by molar-refractivity contribution is 0.919. The molecule has 0 saturated heterocycles. The van der Waals surface area contributed by atoms with Crippen molar-refractivity contribution < 1.29 is 5.48 Å². The van der Waals surface area contributed by atoms with Gasteiger partial charge in [0, 0.05) is 37.4 Å². The van der Waals surface area contributed by atoms with Gasteiger partial charge in [0.2, 0.25) is 0 Å². The number of pyridine rings is 1. The van der Waals surface area contributed by atoms with Crippen molar-refractivity contribution in [2.75, 3.05) is 0 Å². The zero-order valence-corrected chi connectivity index (χ0v) is 14.8. The summed E-state index contributed by atoms with van der Waals surface area (Å²) in [6, 6.07) is 13.8. The fourth-order valence-corrected chi connectivity index (χ4v) is 4.44. The lowest BCUT2D eigenvalue weighted by Crippen LogP contribution is -1.89. The fraction of sp³-hybridized carbons (Fsp3) is 0.227. The Kier molecular flexibility index (Phi) is 2.86. The number of aromatic nitrogens is 1. The number of fused-ring (bicyclic) bond motifs is 3. The molecular weight excluding hydrogens is 310 g/mol. The molecule has 0 amide bonds. The number of benzene rings is 2. The topological polar surface area (TPSA) is 12.9 Å². The van der Waals surface area contributed by atoms with Crippen LogP contribution in [0.3, 0.4) is 0 Å². The summed E-state index contributed by atoms with van der Waals surface area (Å²) in [5, 5.41) is 2.44. The van der Waals surface area contributed by atoms with Crippen LogP contribution < -0.4 is 0 Å². The van der Waals surface area contributed by atoms with Crippen LogP contribution in [0.5, 0.6) is 0 Å². The molecule has 2 aromatic carbocycles. The molecule has 1 nitrogen and oxygen atoms in total. The number of thiophene rings is 1. The van der Waals surface area contributed by atoms with Crippen molar-refractivity contribution in [2.45, 2.75) is 33.5 Å². The third-order valence-corrected chi connectivity index (χ3v) is 5.49. The first kappa shape index (κ1) is 11.4. The second-order valence-corrected chi connectivity index (χ2v) is 7.09. The summed E-state index contributed by atoms with van der Waals surface area (Å²) in [5.74, 6) is 0. The first-order chi connectivity index (χ1) is 13.1. The highest BCUT2D eigenvalue weighted by Gasteiger charge is 2.13. The summed E-state index contributed by atoms with van der Waals surface area (Å²) < 4.78 is 34.6. The standard InChI is InChI=1S/C22H21NS/c1-4-5-16-10-11-23-19(13-16)17-8-7-15(3)21-18-12-14(2)6-9-20(18)24-22(17)21/h6-13H,4-5H2,1-3H3/i4D2,5D2. The highest BCUT2D eigenvalue weighted by atomic mass is 32.1. The van der Waals surface area contributed by atoms with E-state index < -0.39 is 12.7 Å². The van der Waals surface area contributed by atoms with Gasteiger partial charge in [-0.25, -0.2) is 0 Å². The lowest BCUT2D eigenvalue weighted by atomic mass is 10.0. The molecule has 4 rings (SSSR count). The minimum Gasteiger partial charge on any atom is -0.256 e. The summed E-state index contributed by atoms with van der Waals surface area (Å²) in [7, 11) is 0. The molecule has 0 unspecified atom stereocenters. The van der Waals surface area contributed by atoms with E-state index in [1.54, 1.807) is 29.7 Å². The van der Waals surface area contributed by atoms with Crippen LogP contribution in [0.2, 0.25) is 0 Å². The molecule has 2 heterocycles. The second kappa shape index (κ2) is 6.03. The molecule has 0 atom stereocenters. The van der Waals surface area contributed by atoms with Crippen molar-refractivity contribution in [1.82, 2.24) is 4.98 Å². The first-order valence-corrected chi connectivity index (χ1v) is 8.80. The predicted octanol–water partition coefficient (Wildman–Crippen LogP) is 6.69. The summed E-state index contributed by atoms with van der Waals surface area (Å²) in [5.41, 5.74) is 4.34. The summed E-state index contributed by atoms with van der Waals surface area (Å²) >= 11 is 1.72. The molecule has 0 bridgehead atoms. The molecule has 2 aromatic heterocycles. The third kappa shape index (κ3) is 2.51. The molecular formula is C22H21NS. The minimum absolute atomic E-state index is 0.302. The van der Waals surface area contributed by atoms with Gasteiger partial charge in [0.15, 0.2) is 0 Å². The molecule has 24 heavy (non-hydrogen) atoms. The maximum absolute atomic E-state index is 8.25. The average molecular weight is 336 g/mol. The van der Waals surface area contributed by atoms with E-state index in [0.717, 1.165) is 10.3 Å². The fourth-order valence-electron chi connectivity index (χ4n) is 3.16. The number of hydrogen-bond donors (Lipinski definition) is 0. The van der Waals surface area contributed by atoms with Crippen molar-refractivity contribution in [3.8, 4) is 11.3 Å². The van der Waals surface area contributed by atoms with Crippen LogP contribution in [0, 0.1) is 13.8 Å². The zero-order chi connectivity index (χ0) is 20.3. The molecule has 0 radical (unpaired) electrons. The summed E-state index contributed by atoms with van der Waals surface area (Å²) in [6.45, 7) is 5.47. The monoisotopic (exact) mass is 335 g/mol. The smallest absolute Gasteiger partial charge is 0.0719 e. The Balaban J connectivity index is 1.97. The Labute approximate surface area is 152 Å².